The van der Waals surface area contributed by atoms with Gasteiger partial charge in [-0.25, -0.2) is 0 Å². The van der Waals surface area contributed by atoms with Gasteiger partial charge in [-0.2, -0.15) is 0 Å². The molecule has 3 heteroatoms. The predicted molar refractivity (Wildman–Crippen MR) is 64.5 cm³/mol. The molecule has 2 aromatic rings. The van der Waals surface area contributed by atoms with E-state index < -0.39 is 0 Å². The van der Waals surface area contributed by atoms with Crippen LogP contribution in [0, 0.1) is 0 Å². The summed E-state index contributed by atoms with van der Waals surface area (Å²) in [6.07, 6.45) is 1.03. The molecular weight excluding hydrogens is 222 g/mol. The summed E-state index contributed by atoms with van der Waals surface area (Å²) in [5.41, 5.74) is 6.80. The van der Waals surface area contributed by atoms with Crippen molar-refractivity contribution in [2.24, 2.45) is 5.73 Å². The van der Waals surface area contributed by atoms with Gasteiger partial charge in [-0.05, 0) is 30.7 Å². The lowest BCUT2D eigenvalue weighted by Gasteiger charge is -1.97. The van der Waals surface area contributed by atoms with Gasteiger partial charge in [0, 0.05) is 22.5 Å². The largest absolute Gasteiger partial charge is 0.461 e. The highest BCUT2D eigenvalue weighted by molar-refractivity contribution is 6.30. The number of benzene rings is 1. The maximum Gasteiger partial charge on any atom is 0.134 e. The third kappa shape index (κ3) is 1.75. The van der Waals surface area contributed by atoms with E-state index >= 15 is 0 Å². The first-order chi connectivity index (χ1) is 7.74. The van der Waals surface area contributed by atoms with Gasteiger partial charge in [-0.1, -0.05) is 23.7 Å². The van der Waals surface area contributed by atoms with Crippen molar-refractivity contribution in [1.82, 2.24) is 0 Å². The SMILES string of the molecule is N[C@@H]1C[C@@H]1c1ccc(-c2cccc(Cl)c2)o1. The predicted octanol–water partition coefficient (Wildman–Crippen LogP) is 3.41. The van der Waals surface area contributed by atoms with E-state index in [2.05, 4.69) is 0 Å². The number of hydrogen-bond donors (Lipinski definition) is 1. The summed E-state index contributed by atoms with van der Waals surface area (Å²) in [6, 6.07) is 11.9. The van der Waals surface area contributed by atoms with E-state index in [1.807, 2.05) is 36.4 Å². The molecule has 0 amide bonds. The van der Waals surface area contributed by atoms with Gasteiger partial charge in [0.1, 0.15) is 11.5 Å². The van der Waals surface area contributed by atoms with Gasteiger partial charge in [0.25, 0.3) is 0 Å². The van der Waals surface area contributed by atoms with E-state index in [4.69, 9.17) is 21.8 Å². The van der Waals surface area contributed by atoms with Crippen molar-refractivity contribution in [2.45, 2.75) is 18.4 Å². The first-order valence-electron chi connectivity index (χ1n) is 5.35. The highest BCUT2D eigenvalue weighted by Crippen LogP contribution is 2.41. The maximum absolute atomic E-state index is 5.94. The van der Waals surface area contributed by atoms with Gasteiger partial charge in [-0.3, -0.25) is 0 Å². The molecule has 1 saturated carbocycles. The Morgan fingerprint density at radius 3 is 2.75 bits per heavy atom. The molecule has 2 atom stereocenters. The van der Waals surface area contributed by atoms with E-state index in [0.717, 1.165) is 28.5 Å². The Balaban J connectivity index is 1.92. The van der Waals surface area contributed by atoms with Gasteiger partial charge >= 0.3 is 0 Å². The third-order valence-electron chi connectivity index (χ3n) is 2.94. The Bertz CT molecular complexity index is 520. The zero-order valence-electron chi connectivity index (χ0n) is 8.69. The molecule has 1 aliphatic rings. The van der Waals surface area contributed by atoms with Crippen LogP contribution in [-0.2, 0) is 0 Å². The van der Waals surface area contributed by atoms with Crippen molar-refractivity contribution in [1.29, 1.82) is 0 Å². The molecule has 1 aliphatic carbocycles. The maximum atomic E-state index is 5.94. The summed E-state index contributed by atoms with van der Waals surface area (Å²) in [7, 11) is 0. The van der Waals surface area contributed by atoms with Crippen LogP contribution >= 0.6 is 11.6 Å². The quantitative estimate of drug-likeness (QED) is 0.863. The Morgan fingerprint density at radius 2 is 2.06 bits per heavy atom. The highest BCUT2D eigenvalue weighted by Gasteiger charge is 2.37. The lowest BCUT2D eigenvalue weighted by atomic mass is 10.2. The molecule has 3 rings (SSSR count). The van der Waals surface area contributed by atoms with Crippen LogP contribution in [-0.4, -0.2) is 6.04 Å². The van der Waals surface area contributed by atoms with Crippen molar-refractivity contribution >= 4 is 11.6 Å². The smallest absolute Gasteiger partial charge is 0.134 e. The van der Waals surface area contributed by atoms with Crippen LogP contribution < -0.4 is 5.73 Å². The minimum absolute atomic E-state index is 0.276. The van der Waals surface area contributed by atoms with Crippen LogP contribution in [0.15, 0.2) is 40.8 Å². The molecule has 0 saturated heterocycles. The van der Waals surface area contributed by atoms with Gasteiger partial charge in [0.15, 0.2) is 0 Å². The first kappa shape index (κ1) is 9.94. The lowest BCUT2D eigenvalue weighted by molar-refractivity contribution is 0.522. The molecule has 82 valence electrons. The van der Waals surface area contributed by atoms with Crippen molar-refractivity contribution in [3.8, 4) is 11.3 Å². The molecule has 16 heavy (non-hydrogen) atoms. The molecule has 1 aromatic carbocycles. The number of rotatable bonds is 2. The summed E-state index contributed by atoms with van der Waals surface area (Å²) in [6.45, 7) is 0. The van der Waals surface area contributed by atoms with Crippen LogP contribution in [0.1, 0.15) is 18.1 Å². The third-order valence-corrected chi connectivity index (χ3v) is 3.18. The standard InChI is InChI=1S/C13H12ClNO/c14-9-3-1-2-8(6-9)12-4-5-13(16-12)10-7-11(10)15/h1-6,10-11H,7,15H2/t10-,11+/m0/s1. The second-order valence-electron chi connectivity index (χ2n) is 4.22. The van der Waals surface area contributed by atoms with Crippen molar-refractivity contribution in [3.63, 3.8) is 0 Å². The molecule has 1 fully saturated rings. The highest BCUT2D eigenvalue weighted by atomic mass is 35.5. The fourth-order valence-corrected chi connectivity index (χ4v) is 2.08. The Labute approximate surface area is 99.0 Å². The molecule has 2 nitrogen and oxygen atoms in total. The van der Waals surface area contributed by atoms with E-state index in [9.17, 15) is 0 Å². The Morgan fingerprint density at radius 1 is 1.25 bits per heavy atom. The molecule has 0 aliphatic heterocycles. The fraction of sp³-hybridized carbons (Fsp3) is 0.231. The van der Waals surface area contributed by atoms with Crippen molar-refractivity contribution in [3.05, 3.63) is 47.2 Å². The topological polar surface area (TPSA) is 39.2 Å². The molecule has 2 N–H and O–H groups in total. The van der Waals surface area contributed by atoms with Crippen molar-refractivity contribution in [2.75, 3.05) is 0 Å². The van der Waals surface area contributed by atoms with Crippen molar-refractivity contribution < 1.29 is 4.42 Å². The average molecular weight is 234 g/mol. The first-order valence-corrected chi connectivity index (χ1v) is 5.73. The molecule has 0 bridgehead atoms. The van der Waals surface area contributed by atoms with E-state index in [1.54, 1.807) is 0 Å². The average Bonchev–Trinajstić information content (AvgIpc) is 2.81. The Hall–Kier alpha value is -1.25. The van der Waals surface area contributed by atoms with Crippen LogP contribution in [0.5, 0.6) is 0 Å². The van der Waals surface area contributed by atoms with Gasteiger partial charge < -0.3 is 10.2 Å². The fourth-order valence-electron chi connectivity index (χ4n) is 1.89. The van der Waals surface area contributed by atoms with Gasteiger partial charge in [-0.15, -0.1) is 0 Å². The van der Waals surface area contributed by atoms with Crippen LogP contribution in [0.4, 0.5) is 0 Å². The monoisotopic (exact) mass is 233 g/mol. The zero-order chi connectivity index (χ0) is 11.1. The summed E-state index contributed by atoms with van der Waals surface area (Å²) < 4.78 is 5.78. The number of nitrogens with two attached hydrogens (primary N) is 1. The molecule has 0 spiro atoms. The summed E-state index contributed by atoms with van der Waals surface area (Å²) in [4.78, 5) is 0. The van der Waals surface area contributed by atoms with E-state index in [1.165, 1.54) is 0 Å². The van der Waals surface area contributed by atoms with Gasteiger partial charge in [0.05, 0.1) is 0 Å². The second kappa shape index (κ2) is 3.65. The molecular formula is C13H12ClNO. The summed E-state index contributed by atoms with van der Waals surface area (Å²) in [5.74, 6) is 2.26. The van der Waals surface area contributed by atoms with E-state index in [0.29, 0.717) is 5.92 Å². The molecule has 0 radical (unpaired) electrons. The molecule has 1 heterocycles. The summed E-state index contributed by atoms with van der Waals surface area (Å²) >= 11 is 5.94. The van der Waals surface area contributed by atoms with Gasteiger partial charge in [0.2, 0.25) is 0 Å². The van der Waals surface area contributed by atoms with Crippen LogP contribution in [0.25, 0.3) is 11.3 Å². The van der Waals surface area contributed by atoms with Crippen LogP contribution in [0.2, 0.25) is 5.02 Å². The number of hydrogen-bond acceptors (Lipinski definition) is 2. The normalized spacial score (nSPS) is 23.4. The zero-order valence-corrected chi connectivity index (χ0v) is 9.45. The number of halogens is 1. The van der Waals surface area contributed by atoms with Crippen LogP contribution in [0.3, 0.4) is 0 Å². The molecule has 1 aromatic heterocycles. The minimum atomic E-state index is 0.276. The molecule has 0 unspecified atom stereocenters. The Kier molecular flexibility index (Phi) is 2.27. The lowest BCUT2D eigenvalue weighted by Crippen LogP contribution is -2.00. The summed E-state index contributed by atoms with van der Waals surface area (Å²) in [5, 5.41) is 0.721. The second-order valence-corrected chi connectivity index (χ2v) is 4.65. The van der Waals surface area contributed by atoms with E-state index in [-0.39, 0.29) is 6.04 Å². The minimum Gasteiger partial charge on any atom is -0.461 e. The number of furan rings is 1.